The molecule has 132 valence electrons. The minimum Gasteiger partial charge on any atom is -0.548 e. The molecule has 7 heteroatoms. The standard InChI is InChI=1S/C19H15ClN2O4/c20-13-7-5-11(6-8-13)18(24)22-16(19(25)26)9-12-10-17(23)21-15-4-2-1-3-14(12)15/h1-8,10,16H,9H2,(H,21,23)(H,22,24)(H,25,26)/p-1/t16-/m1/s1. The number of nitrogens with one attached hydrogen (secondary N) is 2. The number of rotatable bonds is 5. The topological polar surface area (TPSA) is 102 Å². The monoisotopic (exact) mass is 369 g/mol. The van der Waals surface area contributed by atoms with Gasteiger partial charge in [-0.1, -0.05) is 29.8 Å². The second-order valence-corrected chi connectivity index (χ2v) is 6.20. The van der Waals surface area contributed by atoms with Crippen molar-refractivity contribution in [2.75, 3.05) is 0 Å². The first-order valence-corrected chi connectivity index (χ1v) is 8.20. The van der Waals surface area contributed by atoms with Crippen molar-refractivity contribution in [2.45, 2.75) is 12.5 Å². The van der Waals surface area contributed by atoms with Crippen LogP contribution in [0.25, 0.3) is 10.9 Å². The molecule has 1 atom stereocenters. The maximum Gasteiger partial charge on any atom is 0.251 e. The summed E-state index contributed by atoms with van der Waals surface area (Å²) in [5, 5.41) is 15.1. The molecule has 6 nitrogen and oxygen atoms in total. The SMILES string of the molecule is O=C(N[C@H](Cc1cc(=O)[nH]c2ccccc12)C(=O)[O-])c1ccc(Cl)cc1. The summed E-state index contributed by atoms with van der Waals surface area (Å²) in [6.45, 7) is 0. The van der Waals surface area contributed by atoms with Gasteiger partial charge in [-0.3, -0.25) is 9.59 Å². The zero-order chi connectivity index (χ0) is 18.7. The van der Waals surface area contributed by atoms with Gasteiger partial charge in [0.2, 0.25) is 5.56 Å². The van der Waals surface area contributed by atoms with Gasteiger partial charge in [-0.15, -0.1) is 0 Å². The molecule has 0 aliphatic carbocycles. The summed E-state index contributed by atoms with van der Waals surface area (Å²) in [5.41, 5.74) is 1.03. The highest BCUT2D eigenvalue weighted by Crippen LogP contribution is 2.16. The first kappa shape index (κ1) is 17.7. The van der Waals surface area contributed by atoms with Gasteiger partial charge in [0.05, 0.1) is 12.0 Å². The molecule has 0 aliphatic heterocycles. The van der Waals surface area contributed by atoms with Gasteiger partial charge in [0.1, 0.15) is 0 Å². The number of carboxylic acids is 1. The van der Waals surface area contributed by atoms with E-state index in [1.807, 2.05) is 0 Å². The average molecular weight is 370 g/mol. The van der Waals surface area contributed by atoms with Crippen molar-refractivity contribution in [3.05, 3.63) is 81.1 Å². The molecule has 1 amide bonds. The molecule has 0 radical (unpaired) electrons. The van der Waals surface area contributed by atoms with E-state index in [4.69, 9.17) is 11.6 Å². The van der Waals surface area contributed by atoms with Gasteiger partial charge in [-0.2, -0.15) is 0 Å². The lowest BCUT2D eigenvalue weighted by Crippen LogP contribution is -2.49. The lowest BCUT2D eigenvalue weighted by atomic mass is 10.0. The van der Waals surface area contributed by atoms with E-state index in [0.717, 1.165) is 0 Å². The first-order valence-electron chi connectivity index (χ1n) is 7.82. The molecule has 0 saturated heterocycles. The van der Waals surface area contributed by atoms with E-state index in [1.54, 1.807) is 24.3 Å². The van der Waals surface area contributed by atoms with Crippen LogP contribution in [0.3, 0.4) is 0 Å². The summed E-state index contributed by atoms with van der Waals surface area (Å²) in [7, 11) is 0. The molecule has 26 heavy (non-hydrogen) atoms. The van der Waals surface area contributed by atoms with Crippen molar-refractivity contribution in [1.82, 2.24) is 10.3 Å². The van der Waals surface area contributed by atoms with Gasteiger partial charge in [-0.05, 0) is 42.3 Å². The molecule has 0 spiro atoms. The number of carbonyl (C=O) groups excluding carboxylic acids is 2. The van der Waals surface area contributed by atoms with E-state index in [-0.39, 0.29) is 17.5 Å². The summed E-state index contributed by atoms with van der Waals surface area (Å²) in [6, 6.07) is 13.1. The number of halogens is 1. The molecular formula is C19H14ClN2O4-. The minimum absolute atomic E-state index is 0.0773. The van der Waals surface area contributed by atoms with Crippen LogP contribution in [0.5, 0.6) is 0 Å². The van der Waals surface area contributed by atoms with Gasteiger partial charge in [0.25, 0.3) is 5.91 Å². The van der Waals surface area contributed by atoms with Crippen molar-refractivity contribution in [1.29, 1.82) is 0 Å². The Balaban J connectivity index is 1.88. The molecule has 3 aromatic rings. The molecule has 2 N–H and O–H groups in total. The Labute approximate surface area is 153 Å². The predicted molar refractivity (Wildman–Crippen MR) is 96.0 cm³/mol. The summed E-state index contributed by atoms with van der Waals surface area (Å²) < 4.78 is 0. The van der Waals surface area contributed by atoms with Crippen LogP contribution in [-0.4, -0.2) is 22.9 Å². The Bertz CT molecular complexity index is 1030. The summed E-state index contributed by atoms with van der Waals surface area (Å²) in [4.78, 5) is 38.3. The third-order valence-electron chi connectivity index (χ3n) is 3.96. The van der Waals surface area contributed by atoms with E-state index in [1.165, 1.54) is 30.3 Å². The fourth-order valence-corrected chi connectivity index (χ4v) is 2.83. The number of benzene rings is 2. The first-order chi connectivity index (χ1) is 12.4. The number of hydrogen-bond donors (Lipinski definition) is 2. The average Bonchev–Trinajstić information content (AvgIpc) is 2.61. The van der Waals surface area contributed by atoms with Gasteiger partial charge >= 0.3 is 0 Å². The molecule has 0 unspecified atom stereocenters. The molecule has 2 aromatic carbocycles. The largest absolute Gasteiger partial charge is 0.548 e. The van der Waals surface area contributed by atoms with E-state index in [0.29, 0.717) is 21.5 Å². The zero-order valence-corrected chi connectivity index (χ0v) is 14.2. The number of fused-ring (bicyclic) bond motifs is 1. The highest BCUT2D eigenvalue weighted by atomic mass is 35.5. The Morgan fingerprint density at radius 2 is 1.81 bits per heavy atom. The van der Waals surface area contributed by atoms with Crippen LogP contribution in [0.2, 0.25) is 5.02 Å². The number of H-pyrrole nitrogens is 1. The molecule has 0 aliphatic rings. The molecule has 0 bridgehead atoms. The number of pyridine rings is 1. The van der Waals surface area contributed by atoms with E-state index < -0.39 is 17.9 Å². The Hall–Kier alpha value is -3.12. The zero-order valence-electron chi connectivity index (χ0n) is 13.5. The molecule has 1 aromatic heterocycles. The Morgan fingerprint density at radius 3 is 2.50 bits per heavy atom. The van der Waals surface area contributed by atoms with E-state index >= 15 is 0 Å². The summed E-state index contributed by atoms with van der Waals surface area (Å²) in [5.74, 6) is -2.00. The number of aromatic nitrogens is 1. The quantitative estimate of drug-likeness (QED) is 0.707. The number of amides is 1. The van der Waals surface area contributed by atoms with Crippen molar-refractivity contribution in [3.63, 3.8) is 0 Å². The molecule has 0 fully saturated rings. The fraction of sp³-hybridized carbons (Fsp3) is 0.105. The van der Waals surface area contributed by atoms with E-state index in [9.17, 15) is 19.5 Å². The summed E-state index contributed by atoms with van der Waals surface area (Å²) in [6.07, 6.45) is -0.0773. The van der Waals surface area contributed by atoms with Crippen LogP contribution in [0.1, 0.15) is 15.9 Å². The van der Waals surface area contributed by atoms with Crippen LogP contribution < -0.4 is 16.0 Å². The van der Waals surface area contributed by atoms with Crippen LogP contribution in [-0.2, 0) is 11.2 Å². The second kappa shape index (κ2) is 7.41. The van der Waals surface area contributed by atoms with Crippen LogP contribution in [0.15, 0.2) is 59.4 Å². The van der Waals surface area contributed by atoms with Gasteiger partial charge in [0.15, 0.2) is 0 Å². The Morgan fingerprint density at radius 1 is 1.12 bits per heavy atom. The number of aliphatic carboxylic acids is 1. The van der Waals surface area contributed by atoms with Crippen molar-refractivity contribution >= 4 is 34.4 Å². The third-order valence-corrected chi connectivity index (χ3v) is 4.21. The number of carbonyl (C=O) groups is 2. The predicted octanol–water partition coefficient (Wildman–Crippen LogP) is 1.27. The van der Waals surface area contributed by atoms with Crippen molar-refractivity contribution in [3.8, 4) is 0 Å². The minimum atomic E-state index is -1.43. The van der Waals surface area contributed by atoms with Crippen molar-refractivity contribution < 1.29 is 14.7 Å². The van der Waals surface area contributed by atoms with E-state index in [2.05, 4.69) is 10.3 Å². The highest BCUT2D eigenvalue weighted by Gasteiger charge is 2.17. The maximum atomic E-state index is 12.3. The van der Waals surface area contributed by atoms with Crippen LogP contribution >= 0.6 is 11.6 Å². The lowest BCUT2D eigenvalue weighted by Gasteiger charge is -2.20. The van der Waals surface area contributed by atoms with Gasteiger partial charge in [-0.25, -0.2) is 0 Å². The number of aromatic amines is 1. The smallest absolute Gasteiger partial charge is 0.251 e. The normalized spacial score (nSPS) is 11.9. The third kappa shape index (κ3) is 3.92. The number of carboxylic acid groups (broad SMARTS) is 1. The fourth-order valence-electron chi connectivity index (χ4n) is 2.70. The Kier molecular flexibility index (Phi) is 5.04. The molecular weight excluding hydrogens is 356 g/mol. The highest BCUT2D eigenvalue weighted by molar-refractivity contribution is 6.30. The summed E-state index contributed by atoms with van der Waals surface area (Å²) >= 11 is 5.78. The molecule has 3 rings (SSSR count). The second-order valence-electron chi connectivity index (χ2n) is 5.76. The van der Waals surface area contributed by atoms with Crippen LogP contribution in [0, 0.1) is 0 Å². The lowest BCUT2D eigenvalue weighted by molar-refractivity contribution is -0.308. The van der Waals surface area contributed by atoms with Gasteiger partial charge in [0, 0.05) is 27.6 Å². The molecule has 1 heterocycles. The van der Waals surface area contributed by atoms with Crippen molar-refractivity contribution in [2.24, 2.45) is 0 Å². The number of para-hydroxylation sites is 1. The van der Waals surface area contributed by atoms with Gasteiger partial charge < -0.3 is 20.2 Å². The van der Waals surface area contributed by atoms with Crippen LogP contribution in [0.4, 0.5) is 0 Å². The molecule has 0 saturated carbocycles. The maximum absolute atomic E-state index is 12.3. The number of hydrogen-bond acceptors (Lipinski definition) is 4.